The Morgan fingerprint density at radius 3 is 1.68 bits per heavy atom. The first-order valence-corrected chi connectivity index (χ1v) is 15.2. The van der Waals surface area contributed by atoms with Gasteiger partial charge in [0.15, 0.2) is 0 Å². The van der Waals surface area contributed by atoms with Crippen molar-refractivity contribution in [3.8, 4) is 11.5 Å². The van der Waals surface area contributed by atoms with Crippen LogP contribution in [0.25, 0.3) is 0 Å². The van der Waals surface area contributed by atoms with Crippen LogP contribution in [0.2, 0.25) is 0 Å². The predicted octanol–water partition coefficient (Wildman–Crippen LogP) is 9.25. The Morgan fingerprint density at radius 2 is 1.22 bits per heavy atom. The van der Waals surface area contributed by atoms with Crippen molar-refractivity contribution in [2.45, 2.75) is 87.9 Å². The van der Waals surface area contributed by atoms with Gasteiger partial charge >= 0.3 is 12.4 Å². The predicted molar refractivity (Wildman–Crippen MR) is 142 cm³/mol. The standard InChI is InChI=1S/C24H31O2P.C5H2F6O2.Eu/c25-27(21-14-6-2-7-15-21,22-16-8-3-9-17-22)24-19-11-10-18-23(24)26-20-12-4-1-5-13-20;6-4(7,8)2(12)1-3(13)5(9,10)11;/h1,4-5,10-13,18-19,21-22H,2-3,6-9,14-17H2;1,12H;/b;2-1-;. The maximum atomic E-state index is 14.9. The maximum Gasteiger partial charge on any atom is 0.454 e. The number of ether oxygens (including phenoxy) is 1. The van der Waals surface area contributed by atoms with Crippen LogP contribution in [0.15, 0.2) is 66.4 Å². The summed E-state index contributed by atoms with van der Waals surface area (Å²) in [5, 5.41) is 8.94. The summed E-state index contributed by atoms with van der Waals surface area (Å²) in [5.41, 5.74) is 0.685. The molecule has 0 unspecified atom stereocenters. The fraction of sp³-hybridized carbons (Fsp3) is 0.483. The molecular weight excluding hydrogens is 709 g/mol. The molecule has 0 spiro atoms. The molecular formula is C29H33EuF6O4P. The van der Waals surface area contributed by atoms with E-state index in [9.17, 15) is 35.7 Å². The summed E-state index contributed by atoms with van der Waals surface area (Å²) in [4.78, 5) is 9.86. The second kappa shape index (κ2) is 16.1. The van der Waals surface area contributed by atoms with Gasteiger partial charge in [-0.1, -0.05) is 68.9 Å². The van der Waals surface area contributed by atoms with E-state index in [1.807, 2.05) is 48.5 Å². The fourth-order valence-electron chi connectivity index (χ4n) is 5.36. The van der Waals surface area contributed by atoms with Crippen LogP contribution in [-0.4, -0.2) is 34.6 Å². The van der Waals surface area contributed by atoms with Gasteiger partial charge in [-0.25, -0.2) is 0 Å². The molecule has 0 saturated heterocycles. The zero-order valence-electron chi connectivity index (χ0n) is 22.3. The molecule has 2 saturated carbocycles. The van der Waals surface area contributed by atoms with E-state index < -0.39 is 37.1 Å². The number of rotatable bonds is 6. The average molecular weight is 743 g/mol. The molecule has 0 amide bonds. The van der Waals surface area contributed by atoms with Crippen molar-refractivity contribution in [2.24, 2.45) is 0 Å². The summed E-state index contributed by atoms with van der Waals surface area (Å²) >= 11 is 0. The van der Waals surface area contributed by atoms with E-state index in [0.717, 1.165) is 42.5 Å². The molecule has 1 radical (unpaired) electrons. The molecule has 0 bridgehead atoms. The van der Waals surface area contributed by atoms with Crippen LogP contribution in [0, 0.1) is 49.4 Å². The number of ketones is 1. The first-order chi connectivity index (χ1) is 18.8. The number of hydrogen-bond acceptors (Lipinski definition) is 4. The largest absolute Gasteiger partial charge is 0.504 e. The quantitative estimate of drug-likeness (QED) is 0.139. The number of para-hydroxylation sites is 2. The number of allylic oxidation sites excluding steroid dienone is 2. The molecule has 4 nitrogen and oxygen atoms in total. The number of alkyl halides is 6. The molecule has 2 aliphatic carbocycles. The zero-order valence-corrected chi connectivity index (χ0v) is 25.6. The molecule has 0 atom stereocenters. The molecule has 2 aromatic carbocycles. The van der Waals surface area contributed by atoms with E-state index in [1.165, 1.54) is 38.5 Å². The van der Waals surface area contributed by atoms with Gasteiger partial charge in [0.05, 0.1) is 5.30 Å². The Morgan fingerprint density at radius 1 is 0.756 bits per heavy atom. The third-order valence-corrected chi connectivity index (χ3v) is 11.6. The minimum Gasteiger partial charge on any atom is -0.504 e. The normalized spacial score (nSPS) is 17.6. The topological polar surface area (TPSA) is 63.6 Å². The Balaban J connectivity index is 0.000000360. The fourth-order valence-corrected chi connectivity index (χ4v) is 9.79. The van der Waals surface area contributed by atoms with Crippen LogP contribution in [0.5, 0.6) is 11.5 Å². The average Bonchev–Trinajstić information content (AvgIpc) is 2.94. The van der Waals surface area contributed by atoms with E-state index in [0.29, 0.717) is 11.3 Å². The monoisotopic (exact) mass is 743 g/mol. The molecule has 41 heavy (non-hydrogen) atoms. The van der Waals surface area contributed by atoms with Gasteiger partial charge in [-0.3, -0.25) is 4.79 Å². The smallest absolute Gasteiger partial charge is 0.454 e. The molecule has 2 aliphatic rings. The second-order valence-electron chi connectivity index (χ2n) is 10.1. The number of benzene rings is 2. The van der Waals surface area contributed by atoms with Crippen molar-refractivity contribution in [1.82, 2.24) is 0 Å². The SMILES string of the molecule is O=C(/C=C(\O)C(F)(F)F)C(F)(F)F.O=P(c1ccccc1Oc1ccccc1)(C1CCCCC1)C1CCCCC1.[Eu]. The van der Waals surface area contributed by atoms with Crippen molar-refractivity contribution < 1.29 is 94.9 Å². The van der Waals surface area contributed by atoms with Gasteiger partial charge in [0.2, 0.25) is 5.76 Å². The number of hydrogen-bond donors (Lipinski definition) is 1. The van der Waals surface area contributed by atoms with E-state index >= 15 is 0 Å². The molecule has 12 heteroatoms. The summed E-state index contributed by atoms with van der Waals surface area (Å²) in [7, 11) is -2.52. The van der Waals surface area contributed by atoms with Gasteiger partial charge < -0.3 is 14.4 Å². The summed E-state index contributed by atoms with van der Waals surface area (Å²) in [6.45, 7) is 0. The van der Waals surface area contributed by atoms with Gasteiger partial charge in [-0.15, -0.1) is 0 Å². The van der Waals surface area contributed by atoms with E-state index in [4.69, 9.17) is 9.84 Å². The van der Waals surface area contributed by atoms with Crippen molar-refractivity contribution in [3.63, 3.8) is 0 Å². The molecule has 0 heterocycles. The molecule has 1 N–H and O–H groups in total. The van der Waals surface area contributed by atoms with E-state index in [2.05, 4.69) is 6.07 Å². The Labute approximate surface area is 276 Å². The van der Waals surface area contributed by atoms with Crippen molar-refractivity contribution in [2.75, 3.05) is 0 Å². The number of aliphatic hydroxyl groups excluding tert-OH is 1. The Bertz CT molecular complexity index is 1170. The number of carbonyl (C=O) groups is 1. The van der Waals surface area contributed by atoms with Gasteiger partial charge in [-0.2, -0.15) is 26.3 Å². The molecule has 227 valence electrons. The number of halogens is 6. The van der Waals surface area contributed by atoms with Crippen molar-refractivity contribution >= 4 is 18.2 Å². The molecule has 2 fully saturated rings. The number of carbonyl (C=O) groups excluding carboxylic acids is 1. The van der Waals surface area contributed by atoms with Crippen molar-refractivity contribution in [3.05, 3.63) is 66.4 Å². The Kier molecular flexibility index (Phi) is 14.1. The summed E-state index contributed by atoms with van der Waals surface area (Å²) in [6.07, 6.45) is 0.285. The first kappa shape index (κ1) is 36.0. The zero-order chi connectivity index (χ0) is 29.4. The number of aliphatic hydroxyl groups is 1. The summed E-state index contributed by atoms with van der Waals surface area (Å²) in [5.74, 6) is -3.70. The van der Waals surface area contributed by atoms with Gasteiger partial charge in [0.1, 0.15) is 18.6 Å². The van der Waals surface area contributed by atoms with Crippen LogP contribution >= 0.6 is 7.14 Å². The summed E-state index contributed by atoms with van der Waals surface area (Å²) in [6, 6.07) is 18.1. The Hall–Kier alpha value is -1.16. The van der Waals surface area contributed by atoms with Crippen LogP contribution < -0.4 is 10.0 Å². The minimum absolute atomic E-state index is 0. The van der Waals surface area contributed by atoms with Crippen LogP contribution in [0.4, 0.5) is 26.3 Å². The van der Waals surface area contributed by atoms with E-state index in [-0.39, 0.29) is 49.4 Å². The van der Waals surface area contributed by atoms with Gasteiger partial charge in [0, 0.05) is 66.8 Å². The minimum atomic E-state index is -5.42. The van der Waals surface area contributed by atoms with Crippen LogP contribution in [-0.2, 0) is 9.36 Å². The molecule has 0 aliphatic heterocycles. The van der Waals surface area contributed by atoms with Gasteiger partial charge in [0.25, 0.3) is 5.78 Å². The summed E-state index contributed by atoms with van der Waals surface area (Å²) < 4.78 is 89.2. The molecule has 0 aromatic heterocycles. The van der Waals surface area contributed by atoms with Crippen LogP contribution in [0.3, 0.4) is 0 Å². The third kappa shape index (κ3) is 10.2. The van der Waals surface area contributed by atoms with Crippen LogP contribution in [0.1, 0.15) is 64.2 Å². The first-order valence-electron chi connectivity index (χ1n) is 13.3. The second-order valence-corrected chi connectivity index (χ2v) is 13.4. The van der Waals surface area contributed by atoms with Gasteiger partial charge in [-0.05, 0) is 49.9 Å². The van der Waals surface area contributed by atoms with Crippen molar-refractivity contribution in [1.29, 1.82) is 0 Å². The maximum absolute atomic E-state index is 14.9. The molecule has 2 aromatic rings. The molecule has 4 rings (SSSR count). The third-order valence-electron chi connectivity index (χ3n) is 7.28. The van der Waals surface area contributed by atoms with E-state index in [1.54, 1.807) is 0 Å².